The first-order valence-electron chi connectivity index (χ1n) is 11.5. The van der Waals surface area contributed by atoms with E-state index in [0.29, 0.717) is 0 Å². The average molecular weight is 422 g/mol. The number of hydrogen-bond acceptors (Lipinski definition) is 4. The summed E-state index contributed by atoms with van der Waals surface area (Å²) in [7, 11) is 0. The Labute approximate surface area is 186 Å². The van der Waals surface area contributed by atoms with Gasteiger partial charge in [0.1, 0.15) is 0 Å². The summed E-state index contributed by atoms with van der Waals surface area (Å²) in [5.74, 6) is 0.149. The van der Waals surface area contributed by atoms with Gasteiger partial charge in [-0.25, -0.2) is 0 Å². The molecular formula is C26H35N3O2. The van der Waals surface area contributed by atoms with Crippen LogP contribution in [0.4, 0.5) is 0 Å². The largest absolute Gasteiger partial charge is 0.373 e. The van der Waals surface area contributed by atoms with Gasteiger partial charge in [0.05, 0.1) is 12.2 Å². The average Bonchev–Trinajstić information content (AvgIpc) is 2.75. The van der Waals surface area contributed by atoms with Crippen LogP contribution in [0.25, 0.3) is 0 Å². The lowest BCUT2D eigenvalue weighted by molar-refractivity contribution is -0.0704. The smallest absolute Gasteiger partial charge is 0.253 e. The molecule has 0 radical (unpaired) electrons. The molecule has 2 heterocycles. The molecule has 2 aromatic carbocycles. The van der Waals surface area contributed by atoms with E-state index in [2.05, 4.69) is 67.0 Å². The Kier molecular flexibility index (Phi) is 7.06. The third-order valence-corrected chi connectivity index (χ3v) is 6.42. The van der Waals surface area contributed by atoms with E-state index in [1.807, 2.05) is 17.0 Å². The quantitative estimate of drug-likeness (QED) is 0.740. The van der Waals surface area contributed by atoms with E-state index < -0.39 is 0 Å². The zero-order valence-electron chi connectivity index (χ0n) is 19.1. The predicted molar refractivity (Wildman–Crippen MR) is 124 cm³/mol. The highest BCUT2D eigenvalue weighted by molar-refractivity contribution is 5.94. The number of hydrogen-bond donors (Lipinski definition) is 0. The summed E-state index contributed by atoms with van der Waals surface area (Å²) in [6, 6.07) is 16.7. The Hall–Kier alpha value is -2.21. The Morgan fingerprint density at radius 3 is 2.16 bits per heavy atom. The first kappa shape index (κ1) is 22.0. The maximum atomic E-state index is 13.0. The van der Waals surface area contributed by atoms with Crippen molar-refractivity contribution in [3.8, 4) is 0 Å². The predicted octanol–water partition coefficient (Wildman–Crippen LogP) is 3.56. The molecule has 0 N–H and O–H groups in total. The number of nitrogens with zero attached hydrogens (tertiary/aromatic N) is 3. The maximum Gasteiger partial charge on any atom is 0.253 e. The number of ether oxygens (including phenoxy) is 1. The van der Waals surface area contributed by atoms with Crippen molar-refractivity contribution in [3.05, 3.63) is 70.8 Å². The molecule has 1 amide bonds. The van der Waals surface area contributed by atoms with Gasteiger partial charge in [-0.05, 0) is 49.6 Å². The Morgan fingerprint density at radius 2 is 1.52 bits per heavy atom. The molecule has 166 valence electrons. The molecule has 0 aliphatic carbocycles. The molecular weight excluding hydrogens is 386 g/mol. The fraction of sp³-hybridized carbons (Fsp3) is 0.500. The number of aryl methyl sites for hydroxylation is 1. The van der Waals surface area contributed by atoms with E-state index in [0.717, 1.165) is 57.9 Å². The molecule has 5 nitrogen and oxygen atoms in total. The van der Waals surface area contributed by atoms with Crippen molar-refractivity contribution in [1.82, 2.24) is 14.7 Å². The van der Waals surface area contributed by atoms with Crippen LogP contribution in [0.15, 0.2) is 48.5 Å². The van der Waals surface area contributed by atoms with Crippen molar-refractivity contribution in [3.63, 3.8) is 0 Å². The summed E-state index contributed by atoms with van der Waals surface area (Å²) in [5, 5.41) is 0. The summed E-state index contributed by atoms with van der Waals surface area (Å²) in [6.45, 7) is 13.6. The second-order valence-electron chi connectivity index (χ2n) is 9.14. The van der Waals surface area contributed by atoms with Crippen LogP contribution in [0, 0.1) is 6.92 Å². The van der Waals surface area contributed by atoms with Gasteiger partial charge in [-0.2, -0.15) is 0 Å². The van der Waals surface area contributed by atoms with E-state index >= 15 is 0 Å². The maximum absolute atomic E-state index is 13.0. The van der Waals surface area contributed by atoms with E-state index in [4.69, 9.17) is 4.74 Å². The van der Waals surface area contributed by atoms with Crippen LogP contribution in [0.1, 0.15) is 40.9 Å². The lowest BCUT2D eigenvalue weighted by atomic mass is 10.1. The van der Waals surface area contributed by atoms with Gasteiger partial charge >= 0.3 is 0 Å². The summed E-state index contributed by atoms with van der Waals surface area (Å²) in [6.07, 6.45) is 0.545. The summed E-state index contributed by atoms with van der Waals surface area (Å²) in [5.41, 5.74) is 4.75. The topological polar surface area (TPSA) is 36.0 Å². The van der Waals surface area contributed by atoms with Gasteiger partial charge in [0.2, 0.25) is 0 Å². The lowest BCUT2D eigenvalue weighted by Gasteiger charge is -2.35. The zero-order chi connectivity index (χ0) is 21.8. The highest BCUT2D eigenvalue weighted by atomic mass is 16.5. The van der Waals surface area contributed by atoms with E-state index in [1.54, 1.807) is 0 Å². The monoisotopic (exact) mass is 421 g/mol. The SMILES string of the molecule is Cc1ccccc1CN1CCN(C(=O)c2ccc(CN3CC(C)OC(C)C3)cc2)CC1. The van der Waals surface area contributed by atoms with Crippen molar-refractivity contribution in [2.75, 3.05) is 39.3 Å². The number of rotatable bonds is 5. The van der Waals surface area contributed by atoms with E-state index in [-0.39, 0.29) is 18.1 Å². The van der Waals surface area contributed by atoms with Crippen molar-refractivity contribution in [1.29, 1.82) is 0 Å². The zero-order valence-corrected chi connectivity index (χ0v) is 19.1. The number of piperazine rings is 1. The van der Waals surface area contributed by atoms with Gasteiger partial charge in [-0.15, -0.1) is 0 Å². The van der Waals surface area contributed by atoms with Crippen molar-refractivity contribution >= 4 is 5.91 Å². The Morgan fingerprint density at radius 1 is 0.871 bits per heavy atom. The molecule has 31 heavy (non-hydrogen) atoms. The minimum Gasteiger partial charge on any atom is -0.373 e. The first-order chi connectivity index (χ1) is 15.0. The molecule has 4 rings (SSSR count). The summed E-state index contributed by atoms with van der Waals surface area (Å²) < 4.78 is 5.82. The first-order valence-corrected chi connectivity index (χ1v) is 11.5. The molecule has 2 aliphatic rings. The van der Waals surface area contributed by atoms with Gasteiger partial charge in [0, 0.05) is 57.9 Å². The number of amides is 1. The fourth-order valence-electron chi connectivity index (χ4n) is 4.74. The van der Waals surface area contributed by atoms with Gasteiger partial charge in [0.15, 0.2) is 0 Å². The van der Waals surface area contributed by atoms with Crippen molar-refractivity contribution < 1.29 is 9.53 Å². The van der Waals surface area contributed by atoms with Crippen LogP contribution in [-0.4, -0.2) is 72.1 Å². The van der Waals surface area contributed by atoms with Gasteiger partial charge < -0.3 is 9.64 Å². The minimum absolute atomic E-state index is 0.149. The van der Waals surface area contributed by atoms with Crippen molar-refractivity contribution in [2.24, 2.45) is 0 Å². The van der Waals surface area contributed by atoms with Crippen LogP contribution in [0.2, 0.25) is 0 Å². The third kappa shape index (κ3) is 5.73. The molecule has 0 spiro atoms. The highest BCUT2D eigenvalue weighted by Crippen LogP contribution is 2.17. The molecule has 0 aromatic heterocycles. The minimum atomic E-state index is 0.149. The molecule has 2 aromatic rings. The second-order valence-corrected chi connectivity index (χ2v) is 9.14. The third-order valence-electron chi connectivity index (χ3n) is 6.42. The molecule has 5 heteroatoms. The lowest BCUT2D eigenvalue weighted by Crippen LogP contribution is -2.48. The number of morpholine rings is 1. The molecule has 2 fully saturated rings. The number of carbonyl (C=O) groups is 1. The van der Waals surface area contributed by atoms with E-state index in [9.17, 15) is 4.79 Å². The molecule has 0 saturated carbocycles. The van der Waals surface area contributed by atoms with Crippen LogP contribution in [0.5, 0.6) is 0 Å². The van der Waals surface area contributed by atoms with Crippen LogP contribution in [-0.2, 0) is 17.8 Å². The number of benzene rings is 2. The van der Waals surface area contributed by atoms with Gasteiger partial charge in [0.25, 0.3) is 5.91 Å². The van der Waals surface area contributed by atoms with Gasteiger partial charge in [-0.3, -0.25) is 14.6 Å². The van der Waals surface area contributed by atoms with Crippen LogP contribution >= 0.6 is 0 Å². The molecule has 0 bridgehead atoms. The molecule has 2 aliphatic heterocycles. The van der Waals surface area contributed by atoms with E-state index in [1.165, 1.54) is 16.7 Å². The second kappa shape index (κ2) is 9.94. The Balaban J connectivity index is 1.28. The number of carbonyl (C=O) groups excluding carboxylic acids is 1. The standard InChI is InChI=1S/C26H35N3O2/c1-20-6-4-5-7-25(20)19-27-12-14-29(15-13-27)26(30)24-10-8-23(9-11-24)18-28-16-21(2)31-22(3)17-28/h4-11,21-22H,12-19H2,1-3H3. The fourth-order valence-corrected chi connectivity index (χ4v) is 4.74. The normalized spacial score (nSPS) is 23.1. The molecule has 2 saturated heterocycles. The molecule has 2 atom stereocenters. The van der Waals surface area contributed by atoms with Crippen molar-refractivity contribution in [2.45, 2.75) is 46.1 Å². The molecule has 2 unspecified atom stereocenters. The summed E-state index contributed by atoms with van der Waals surface area (Å²) in [4.78, 5) is 19.9. The highest BCUT2D eigenvalue weighted by Gasteiger charge is 2.24. The van der Waals surface area contributed by atoms with Gasteiger partial charge in [-0.1, -0.05) is 36.4 Å². The van der Waals surface area contributed by atoms with Crippen LogP contribution < -0.4 is 0 Å². The van der Waals surface area contributed by atoms with Crippen LogP contribution in [0.3, 0.4) is 0 Å². The Bertz CT molecular complexity index is 864. The summed E-state index contributed by atoms with van der Waals surface area (Å²) >= 11 is 0.